The van der Waals surface area contributed by atoms with E-state index in [1.807, 2.05) is 41.4 Å². The first-order chi connectivity index (χ1) is 18.2. The number of urea groups is 1. The Morgan fingerprint density at radius 1 is 0.919 bits per heavy atom. The topological polar surface area (TPSA) is 76.6 Å². The van der Waals surface area contributed by atoms with Gasteiger partial charge in [0.25, 0.3) is 0 Å². The number of carbonyl (C=O) groups is 1. The number of piperidine rings is 2. The van der Waals surface area contributed by atoms with Crippen LogP contribution in [0.15, 0.2) is 41.4 Å². The van der Waals surface area contributed by atoms with Crippen molar-refractivity contribution in [3.8, 4) is 0 Å². The van der Waals surface area contributed by atoms with E-state index in [1.165, 1.54) is 37.0 Å². The first-order valence-electron chi connectivity index (χ1n) is 14.0. The van der Waals surface area contributed by atoms with Crippen LogP contribution in [0.25, 0.3) is 0 Å². The molecule has 0 spiro atoms. The van der Waals surface area contributed by atoms with Gasteiger partial charge >= 0.3 is 6.03 Å². The highest BCUT2D eigenvalue weighted by Gasteiger charge is 2.30. The van der Waals surface area contributed by atoms with E-state index >= 15 is 0 Å². The van der Waals surface area contributed by atoms with Gasteiger partial charge < -0.3 is 20.4 Å². The summed E-state index contributed by atoms with van der Waals surface area (Å²) in [6, 6.07) is 11.0. The van der Waals surface area contributed by atoms with Gasteiger partial charge in [-0.1, -0.05) is 12.8 Å². The van der Waals surface area contributed by atoms with Gasteiger partial charge in [-0.15, -0.1) is 11.8 Å². The number of amides is 2. The van der Waals surface area contributed by atoms with Gasteiger partial charge in [0.1, 0.15) is 5.82 Å². The number of benzene rings is 1. The second-order valence-electron chi connectivity index (χ2n) is 10.5. The maximum absolute atomic E-state index is 12.8. The van der Waals surface area contributed by atoms with E-state index < -0.39 is 0 Å². The van der Waals surface area contributed by atoms with Gasteiger partial charge in [-0.3, -0.25) is 4.90 Å². The Kier molecular flexibility index (Phi) is 9.05. The predicted molar refractivity (Wildman–Crippen MR) is 153 cm³/mol. The molecule has 2 aromatic rings. The van der Waals surface area contributed by atoms with Crippen LogP contribution in [0.5, 0.6) is 0 Å². The molecule has 3 saturated heterocycles. The Balaban J connectivity index is 1.10. The molecule has 1 aromatic carbocycles. The molecular formula is C28H41N7OS. The van der Waals surface area contributed by atoms with Gasteiger partial charge in [-0.2, -0.15) is 4.98 Å². The highest BCUT2D eigenvalue weighted by atomic mass is 32.2. The molecule has 0 bridgehead atoms. The van der Waals surface area contributed by atoms with Crippen LogP contribution in [0.1, 0.15) is 51.4 Å². The zero-order chi connectivity index (χ0) is 25.5. The normalized spacial score (nSPS) is 21.9. The van der Waals surface area contributed by atoms with E-state index in [9.17, 15) is 4.79 Å². The molecule has 0 radical (unpaired) electrons. The van der Waals surface area contributed by atoms with Crippen LogP contribution in [-0.2, 0) is 0 Å². The first-order valence-corrected chi connectivity index (χ1v) is 15.2. The monoisotopic (exact) mass is 523 g/mol. The SMILES string of the molecule is CSc1ccc(NC(=O)N2CCC(N3CCCC(Nc4nccc(N5CCCCCC5)n4)C3)CC2)cc1. The van der Waals surface area contributed by atoms with E-state index in [4.69, 9.17) is 4.98 Å². The van der Waals surface area contributed by atoms with Crippen molar-refractivity contribution in [2.75, 3.05) is 61.1 Å². The summed E-state index contributed by atoms with van der Waals surface area (Å²) in [5.74, 6) is 1.81. The van der Waals surface area contributed by atoms with Crippen molar-refractivity contribution in [2.45, 2.75) is 68.3 Å². The number of hydrogen-bond acceptors (Lipinski definition) is 7. The van der Waals surface area contributed by atoms with E-state index in [2.05, 4.69) is 31.7 Å². The fourth-order valence-electron chi connectivity index (χ4n) is 5.84. The fourth-order valence-corrected chi connectivity index (χ4v) is 6.25. The number of carbonyl (C=O) groups excluding carboxylic acids is 1. The molecule has 0 saturated carbocycles. The van der Waals surface area contributed by atoms with Crippen LogP contribution in [0.3, 0.4) is 0 Å². The molecule has 200 valence electrons. The zero-order valence-corrected chi connectivity index (χ0v) is 22.9. The molecule has 3 fully saturated rings. The smallest absolute Gasteiger partial charge is 0.321 e. The molecule has 4 heterocycles. The lowest BCUT2D eigenvalue weighted by Crippen LogP contribution is -2.52. The van der Waals surface area contributed by atoms with E-state index in [1.54, 1.807) is 11.8 Å². The molecular weight excluding hydrogens is 482 g/mol. The summed E-state index contributed by atoms with van der Waals surface area (Å²) in [5.41, 5.74) is 0.858. The van der Waals surface area contributed by atoms with Gasteiger partial charge in [0.2, 0.25) is 5.95 Å². The number of nitrogens with zero attached hydrogens (tertiary/aromatic N) is 5. The summed E-state index contributed by atoms with van der Waals surface area (Å²) in [6.07, 6.45) is 13.4. The lowest BCUT2D eigenvalue weighted by Gasteiger charge is -2.42. The van der Waals surface area contributed by atoms with Gasteiger partial charge in [0, 0.05) is 61.6 Å². The lowest BCUT2D eigenvalue weighted by molar-refractivity contribution is 0.0997. The largest absolute Gasteiger partial charge is 0.356 e. The Bertz CT molecular complexity index is 1000. The fraction of sp³-hybridized carbons (Fsp3) is 0.607. The van der Waals surface area contributed by atoms with E-state index in [0.29, 0.717) is 12.1 Å². The molecule has 37 heavy (non-hydrogen) atoms. The quantitative estimate of drug-likeness (QED) is 0.507. The molecule has 1 aromatic heterocycles. The molecule has 2 amide bonds. The maximum atomic E-state index is 12.8. The summed E-state index contributed by atoms with van der Waals surface area (Å²) in [4.78, 5) is 30.4. The minimum absolute atomic E-state index is 0.00924. The third-order valence-electron chi connectivity index (χ3n) is 7.97. The maximum Gasteiger partial charge on any atom is 0.321 e. The van der Waals surface area contributed by atoms with Crippen molar-refractivity contribution >= 4 is 35.2 Å². The molecule has 2 N–H and O–H groups in total. The minimum atomic E-state index is 0.00924. The van der Waals surface area contributed by atoms with Crippen molar-refractivity contribution in [1.29, 1.82) is 0 Å². The Labute approximate surface area is 225 Å². The van der Waals surface area contributed by atoms with E-state index in [0.717, 1.165) is 76.0 Å². The van der Waals surface area contributed by atoms with Crippen LogP contribution >= 0.6 is 11.8 Å². The summed E-state index contributed by atoms with van der Waals surface area (Å²) < 4.78 is 0. The molecule has 3 aliphatic rings. The summed E-state index contributed by atoms with van der Waals surface area (Å²) in [6.45, 7) is 5.93. The number of anilines is 3. The molecule has 5 rings (SSSR count). The summed E-state index contributed by atoms with van der Waals surface area (Å²) in [7, 11) is 0. The van der Waals surface area contributed by atoms with Crippen molar-refractivity contribution < 1.29 is 4.79 Å². The lowest BCUT2D eigenvalue weighted by atomic mass is 9.98. The van der Waals surface area contributed by atoms with E-state index in [-0.39, 0.29) is 6.03 Å². The average Bonchev–Trinajstić information content (AvgIpc) is 3.24. The Morgan fingerprint density at radius 2 is 1.68 bits per heavy atom. The highest BCUT2D eigenvalue weighted by Crippen LogP contribution is 2.24. The average molecular weight is 524 g/mol. The van der Waals surface area contributed by atoms with Crippen molar-refractivity contribution in [1.82, 2.24) is 19.8 Å². The molecule has 1 unspecified atom stereocenters. The van der Waals surface area contributed by atoms with Gasteiger partial charge in [0.15, 0.2) is 0 Å². The van der Waals surface area contributed by atoms with Gasteiger partial charge in [-0.05, 0) is 81.7 Å². The molecule has 3 aliphatic heterocycles. The number of aromatic nitrogens is 2. The zero-order valence-electron chi connectivity index (χ0n) is 22.1. The minimum Gasteiger partial charge on any atom is -0.356 e. The van der Waals surface area contributed by atoms with Gasteiger partial charge in [-0.25, -0.2) is 9.78 Å². The van der Waals surface area contributed by atoms with Gasteiger partial charge in [0.05, 0.1) is 0 Å². The van der Waals surface area contributed by atoms with Crippen LogP contribution in [0.4, 0.5) is 22.2 Å². The first kappa shape index (κ1) is 26.1. The highest BCUT2D eigenvalue weighted by molar-refractivity contribution is 7.98. The summed E-state index contributed by atoms with van der Waals surface area (Å²) in [5, 5.41) is 6.70. The number of likely N-dealkylation sites (tertiary alicyclic amines) is 2. The number of hydrogen-bond donors (Lipinski definition) is 2. The Morgan fingerprint density at radius 3 is 2.41 bits per heavy atom. The standard InChI is InChI=1S/C28H41N7OS/c1-37-25-10-8-22(9-11-25)31-28(36)34-19-13-24(14-20-34)35-18-6-7-23(21-35)30-27-29-15-12-26(32-27)33-16-4-2-3-5-17-33/h8-12,15,23-24H,2-7,13-14,16-21H2,1H3,(H,31,36)(H,29,30,32). The predicted octanol–water partition coefficient (Wildman–Crippen LogP) is 5.15. The Hall–Kier alpha value is -2.52. The van der Waals surface area contributed by atoms with Crippen LogP contribution in [-0.4, -0.2) is 83.4 Å². The van der Waals surface area contributed by atoms with Crippen molar-refractivity contribution in [3.63, 3.8) is 0 Å². The van der Waals surface area contributed by atoms with Crippen LogP contribution in [0, 0.1) is 0 Å². The molecule has 1 atom stereocenters. The number of nitrogens with one attached hydrogen (secondary N) is 2. The number of thioether (sulfide) groups is 1. The second-order valence-corrected chi connectivity index (χ2v) is 11.4. The number of rotatable bonds is 6. The van der Waals surface area contributed by atoms with Crippen LogP contribution in [0.2, 0.25) is 0 Å². The van der Waals surface area contributed by atoms with Crippen molar-refractivity contribution in [2.24, 2.45) is 0 Å². The third-order valence-corrected chi connectivity index (χ3v) is 8.71. The molecule has 8 nitrogen and oxygen atoms in total. The molecule has 0 aliphatic carbocycles. The van der Waals surface area contributed by atoms with Crippen LogP contribution < -0.4 is 15.5 Å². The molecule has 9 heteroatoms. The summed E-state index contributed by atoms with van der Waals surface area (Å²) >= 11 is 1.70. The third kappa shape index (κ3) is 7.08. The second kappa shape index (κ2) is 12.8. The van der Waals surface area contributed by atoms with Crippen molar-refractivity contribution in [3.05, 3.63) is 36.5 Å².